The number of amides is 1. The van der Waals surface area contributed by atoms with Crippen LogP contribution in [0.1, 0.15) is 42.3 Å². The SMILES string of the molecule is CCNN.CNNCc1ccc(C(=O)NC(C)C)cc1.O=C1C=CC(=O)C(c2cccc3cc4ccccc4cc23)=C1. The Bertz CT molecular complexity index is 1590. The summed E-state index contributed by atoms with van der Waals surface area (Å²) in [5.41, 5.74) is 11.4. The average molecular weight is 566 g/mol. The Balaban J connectivity index is 0.000000214. The van der Waals surface area contributed by atoms with E-state index in [1.807, 2.05) is 88.5 Å². The zero-order valence-corrected chi connectivity index (χ0v) is 24.5. The van der Waals surface area contributed by atoms with Gasteiger partial charge in [0.05, 0.1) is 0 Å². The Labute approximate surface area is 247 Å². The molecule has 0 spiro atoms. The molecular weight excluding hydrogens is 526 g/mol. The second-order valence-corrected chi connectivity index (χ2v) is 9.87. The zero-order valence-electron chi connectivity index (χ0n) is 24.5. The third kappa shape index (κ3) is 9.02. The molecule has 0 aliphatic heterocycles. The van der Waals surface area contributed by atoms with E-state index in [1.165, 1.54) is 18.2 Å². The van der Waals surface area contributed by atoms with E-state index in [0.29, 0.717) is 11.1 Å². The van der Waals surface area contributed by atoms with Crippen molar-refractivity contribution in [3.05, 3.63) is 114 Å². The van der Waals surface area contributed by atoms with Crippen LogP contribution in [0.15, 0.2) is 97.1 Å². The van der Waals surface area contributed by atoms with Crippen molar-refractivity contribution in [3.8, 4) is 0 Å². The van der Waals surface area contributed by atoms with E-state index in [2.05, 4.69) is 39.8 Å². The van der Waals surface area contributed by atoms with E-state index in [0.717, 1.165) is 45.8 Å². The second-order valence-electron chi connectivity index (χ2n) is 9.87. The third-order valence-corrected chi connectivity index (χ3v) is 6.30. The number of nitrogens with two attached hydrogens (primary N) is 1. The van der Waals surface area contributed by atoms with Gasteiger partial charge >= 0.3 is 0 Å². The van der Waals surface area contributed by atoms with Gasteiger partial charge < -0.3 is 5.32 Å². The lowest BCUT2D eigenvalue weighted by molar-refractivity contribution is -0.113. The number of benzene rings is 4. The Kier molecular flexibility index (Phi) is 12.3. The van der Waals surface area contributed by atoms with E-state index < -0.39 is 0 Å². The third-order valence-electron chi connectivity index (χ3n) is 6.30. The first kappa shape index (κ1) is 32.0. The number of nitrogens with one attached hydrogen (secondary N) is 4. The monoisotopic (exact) mass is 565 g/mol. The van der Waals surface area contributed by atoms with Gasteiger partial charge in [0.15, 0.2) is 11.6 Å². The molecule has 0 aromatic heterocycles. The highest BCUT2D eigenvalue weighted by atomic mass is 16.2. The second kappa shape index (κ2) is 16.1. The van der Waals surface area contributed by atoms with Gasteiger partial charge in [-0.25, -0.2) is 0 Å². The summed E-state index contributed by atoms with van der Waals surface area (Å²) >= 11 is 0. The fourth-order valence-electron chi connectivity index (χ4n) is 4.23. The molecule has 218 valence electrons. The number of rotatable bonds is 7. The molecule has 4 aromatic carbocycles. The van der Waals surface area contributed by atoms with Crippen LogP contribution >= 0.6 is 0 Å². The van der Waals surface area contributed by atoms with Crippen molar-refractivity contribution in [1.29, 1.82) is 0 Å². The molecule has 1 amide bonds. The highest BCUT2D eigenvalue weighted by Crippen LogP contribution is 2.30. The van der Waals surface area contributed by atoms with Gasteiger partial charge in [0, 0.05) is 30.3 Å². The molecule has 8 heteroatoms. The quantitative estimate of drug-likeness (QED) is 0.0960. The van der Waals surface area contributed by atoms with Crippen molar-refractivity contribution in [2.45, 2.75) is 33.4 Å². The van der Waals surface area contributed by atoms with Crippen molar-refractivity contribution in [3.63, 3.8) is 0 Å². The van der Waals surface area contributed by atoms with Crippen molar-refractivity contribution < 1.29 is 14.4 Å². The molecule has 8 nitrogen and oxygen atoms in total. The number of hydrogen-bond acceptors (Lipinski definition) is 7. The molecular formula is C34H39N5O3. The highest BCUT2D eigenvalue weighted by Gasteiger charge is 2.17. The van der Waals surface area contributed by atoms with Crippen LogP contribution in [0.4, 0.5) is 0 Å². The summed E-state index contributed by atoms with van der Waals surface area (Å²) in [5, 5.41) is 7.18. The van der Waals surface area contributed by atoms with Crippen LogP contribution in [0.3, 0.4) is 0 Å². The lowest BCUT2D eigenvalue weighted by atomic mass is 9.91. The number of allylic oxidation sites excluding steroid dienone is 4. The van der Waals surface area contributed by atoms with Crippen molar-refractivity contribution >= 4 is 44.6 Å². The van der Waals surface area contributed by atoms with E-state index in [1.54, 1.807) is 0 Å². The van der Waals surface area contributed by atoms with Crippen LogP contribution in [0.25, 0.3) is 27.1 Å². The molecule has 0 fully saturated rings. The summed E-state index contributed by atoms with van der Waals surface area (Å²) < 4.78 is 0. The Hall–Kier alpha value is -4.47. The molecule has 6 N–H and O–H groups in total. The summed E-state index contributed by atoms with van der Waals surface area (Å²) in [6.07, 6.45) is 4.08. The standard InChI is InChI=1S/C20H12O2.C12H19N3O.C2H8N2/c21-16-8-9-20(22)19(12-16)17-7-3-6-15-10-13-4-1-2-5-14(13)11-18(15)17;1-9(2)15-12(16)11-6-4-10(5-7-11)8-14-13-3;1-2-4-3/h1-12H;4-7,9,13-14H,8H2,1-3H3,(H,15,16);4H,2-3H2,1H3. The van der Waals surface area contributed by atoms with Crippen LogP contribution in [0, 0.1) is 0 Å². The molecule has 1 aliphatic rings. The molecule has 0 radical (unpaired) electrons. The highest BCUT2D eigenvalue weighted by molar-refractivity contribution is 6.35. The lowest BCUT2D eigenvalue weighted by Crippen LogP contribution is -2.30. The van der Waals surface area contributed by atoms with E-state index in [4.69, 9.17) is 5.84 Å². The summed E-state index contributed by atoms with van der Waals surface area (Å²) in [6, 6.07) is 25.9. The van der Waals surface area contributed by atoms with Crippen molar-refractivity contribution in [2.24, 2.45) is 5.84 Å². The van der Waals surface area contributed by atoms with Crippen LogP contribution < -0.4 is 27.4 Å². The molecule has 0 bridgehead atoms. The molecule has 0 unspecified atom stereocenters. The minimum absolute atomic E-state index is 0.0249. The van der Waals surface area contributed by atoms with Gasteiger partial charge in [0.1, 0.15) is 0 Å². The largest absolute Gasteiger partial charge is 0.350 e. The van der Waals surface area contributed by atoms with E-state index in [-0.39, 0.29) is 23.5 Å². The fourth-order valence-corrected chi connectivity index (χ4v) is 4.23. The summed E-state index contributed by atoms with van der Waals surface area (Å²) in [6.45, 7) is 7.43. The van der Waals surface area contributed by atoms with Crippen molar-refractivity contribution in [1.82, 2.24) is 21.6 Å². The normalized spacial score (nSPS) is 12.4. The lowest BCUT2D eigenvalue weighted by Gasteiger charge is -2.11. The summed E-state index contributed by atoms with van der Waals surface area (Å²) in [7, 11) is 1.82. The molecule has 0 atom stereocenters. The first-order valence-electron chi connectivity index (χ1n) is 13.9. The predicted octanol–water partition coefficient (Wildman–Crippen LogP) is 4.60. The number of hydrazine groups is 2. The van der Waals surface area contributed by atoms with Gasteiger partial charge in [-0.15, -0.1) is 0 Å². The average Bonchev–Trinajstić information content (AvgIpc) is 3.00. The smallest absolute Gasteiger partial charge is 0.251 e. The molecule has 1 aliphatic carbocycles. The van der Waals surface area contributed by atoms with Crippen LogP contribution in [-0.2, 0) is 16.1 Å². The molecule has 42 heavy (non-hydrogen) atoms. The Morgan fingerprint density at radius 3 is 2.12 bits per heavy atom. The first-order valence-corrected chi connectivity index (χ1v) is 13.9. The molecule has 0 saturated heterocycles. The zero-order chi connectivity index (χ0) is 30.5. The van der Waals surface area contributed by atoms with Crippen LogP contribution in [-0.4, -0.2) is 37.1 Å². The maximum atomic E-state index is 12.1. The van der Waals surface area contributed by atoms with E-state index >= 15 is 0 Å². The maximum Gasteiger partial charge on any atom is 0.251 e. The number of hydrogen-bond donors (Lipinski definition) is 5. The van der Waals surface area contributed by atoms with Gasteiger partial charge in [-0.2, -0.15) is 0 Å². The van der Waals surface area contributed by atoms with E-state index in [9.17, 15) is 14.4 Å². The minimum atomic E-state index is -0.146. The van der Waals surface area contributed by atoms with Gasteiger partial charge in [0.25, 0.3) is 5.91 Å². The van der Waals surface area contributed by atoms with Crippen molar-refractivity contribution in [2.75, 3.05) is 13.6 Å². The number of ketones is 2. The van der Waals surface area contributed by atoms with Gasteiger partial charge in [-0.3, -0.25) is 36.5 Å². The number of fused-ring (bicyclic) bond motifs is 2. The molecule has 0 saturated carbocycles. The number of carbonyl (C=O) groups excluding carboxylic acids is 3. The number of carbonyl (C=O) groups is 3. The summed E-state index contributed by atoms with van der Waals surface area (Å²) in [4.78, 5) is 35.4. The predicted molar refractivity (Wildman–Crippen MR) is 171 cm³/mol. The minimum Gasteiger partial charge on any atom is -0.350 e. The van der Waals surface area contributed by atoms with Gasteiger partial charge in [0.2, 0.25) is 0 Å². The topological polar surface area (TPSA) is 125 Å². The van der Waals surface area contributed by atoms with Gasteiger partial charge in [-0.1, -0.05) is 61.5 Å². The van der Waals surface area contributed by atoms with Crippen LogP contribution in [0.5, 0.6) is 0 Å². The maximum absolute atomic E-state index is 12.1. The molecule has 0 heterocycles. The fraction of sp³-hybridized carbons (Fsp3) is 0.206. The van der Waals surface area contributed by atoms with Gasteiger partial charge in [-0.05, 0) is 96.1 Å². The molecule has 5 rings (SSSR count). The molecule has 4 aromatic rings. The Morgan fingerprint density at radius 2 is 1.50 bits per heavy atom. The first-order chi connectivity index (χ1) is 20.3. The Morgan fingerprint density at radius 1 is 0.857 bits per heavy atom. The van der Waals surface area contributed by atoms with Crippen LogP contribution in [0.2, 0.25) is 0 Å². The summed E-state index contributed by atoms with van der Waals surface area (Å²) in [5.74, 6) is 4.48.